The maximum absolute atomic E-state index is 11.9. The SMILES string of the molecule is C=C1C(=O)O[C@H]2C/C(C)=C/CC/C(C)=C/CC[C@](C)(Cl)[C@H](O)C[C@@H]12. The topological polar surface area (TPSA) is 46.5 Å². The highest BCUT2D eigenvalue weighted by atomic mass is 35.5. The minimum atomic E-state index is -0.720. The molecule has 0 spiro atoms. The summed E-state index contributed by atoms with van der Waals surface area (Å²) in [5, 5.41) is 10.7. The molecule has 1 heterocycles. The molecule has 1 aliphatic heterocycles. The summed E-state index contributed by atoms with van der Waals surface area (Å²) in [6.45, 7) is 9.95. The smallest absolute Gasteiger partial charge is 0.334 e. The van der Waals surface area contributed by atoms with Gasteiger partial charge in [0.2, 0.25) is 0 Å². The Kier molecular flexibility index (Phi) is 6.33. The molecule has 2 aliphatic rings. The van der Waals surface area contributed by atoms with Crippen molar-refractivity contribution in [2.24, 2.45) is 5.92 Å². The zero-order chi connectivity index (χ0) is 17.9. The molecule has 0 unspecified atom stereocenters. The van der Waals surface area contributed by atoms with E-state index < -0.39 is 11.0 Å². The minimum absolute atomic E-state index is 0.172. The molecule has 3 nitrogen and oxygen atoms in total. The molecule has 0 amide bonds. The van der Waals surface area contributed by atoms with E-state index in [1.807, 2.05) is 6.92 Å². The molecule has 4 atom stereocenters. The van der Waals surface area contributed by atoms with Crippen molar-refractivity contribution in [3.8, 4) is 0 Å². The van der Waals surface area contributed by atoms with Crippen molar-refractivity contribution >= 4 is 17.6 Å². The number of aliphatic hydroxyl groups is 1. The summed E-state index contributed by atoms with van der Waals surface area (Å²) in [5.74, 6) is -0.516. The van der Waals surface area contributed by atoms with Gasteiger partial charge in [-0.15, -0.1) is 11.6 Å². The Morgan fingerprint density at radius 3 is 2.67 bits per heavy atom. The van der Waals surface area contributed by atoms with Crippen LogP contribution in [0.2, 0.25) is 0 Å². The van der Waals surface area contributed by atoms with Gasteiger partial charge in [0.05, 0.1) is 11.0 Å². The molecule has 0 aromatic heterocycles. The van der Waals surface area contributed by atoms with Gasteiger partial charge in [0.1, 0.15) is 6.10 Å². The highest BCUT2D eigenvalue weighted by Crippen LogP contribution is 2.38. The number of carbonyl (C=O) groups is 1. The molecule has 0 bridgehead atoms. The van der Waals surface area contributed by atoms with E-state index in [4.69, 9.17) is 16.3 Å². The van der Waals surface area contributed by atoms with Crippen molar-refractivity contribution in [2.75, 3.05) is 0 Å². The quantitative estimate of drug-likeness (QED) is 0.298. The standard InChI is InChI=1S/C20H29ClO3/c1-13-7-5-8-14(2)11-17-16(15(3)19(23)24-17)12-18(22)20(4,21)10-6-9-13/h8-9,16-18,22H,3,5-7,10-12H2,1-2,4H3/b13-9+,14-8+/t16-,17-,18+,20-/m0/s1. The first-order chi connectivity index (χ1) is 11.2. The molecule has 0 radical (unpaired) electrons. The minimum Gasteiger partial charge on any atom is -0.458 e. The number of alkyl halides is 1. The Bertz CT molecular complexity index is 559. The first-order valence-corrected chi connectivity index (χ1v) is 9.16. The fraction of sp³-hybridized carbons (Fsp3) is 0.650. The number of rotatable bonds is 0. The predicted molar refractivity (Wildman–Crippen MR) is 98.0 cm³/mol. The molecule has 0 aromatic rings. The van der Waals surface area contributed by atoms with Gasteiger partial charge in [0, 0.05) is 17.9 Å². The number of aliphatic hydroxyl groups excluding tert-OH is 1. The number of allylic oxidation sites excluding steroid dienone is 3. The largest absolute Gasteiger partial charge is 0.458 e. The molecule has 134 valence electrons. The summed E-state index contributed by atoms with van der Waals surface area (Å²) < 4.78 is 5.50. The Balaban J connectivity index is 2.24. The third-order valence-electron chi connectivity index (χ3n) is 5.27. The van der Waals surface area contributed by atoms with Gasteiger partial charge in [0.25, 0.3) is 0 Å². The van der Waals surface area contributed by atoms with Crippen LogP contribution < -0.4 is 0 Å². The Labute approximate surface area is 150 Å². The van der Waals surface area contributed by atoms with Crippen LogP contribution in [-0.2, 0) is 9.53 Å². The van der Waals surface area contributed by atoms with Crippen molar-refractivity contribution in [1.29, 1.82) is 0 Å². The summed E-state index contributed by atoms with van der Waals surface area (Å²) in [5.41, 5.74) is 3.01. The average molecular weight is 353 g/mol. The van der Waals surface area contributed by atoms with Crippen molar-refractivity contribution in [3.05, 3.63) is 35.5 Å². The van der Waals surface area contributed by atoms with E-state index in [1.165, 1.54) is 11.1 Å². The van der Waals surface area contributed by atoms with Gasteiger partial charge in [-0.05, 0) is 52.9 Å². The van der Waals surface area contributed by atoms with Gasteiger partial charge in [-0.2, -0.15) is 0 Å². The lowest BCUT2D eigenvalue weighted by molar-refractivity contribution is -0.139. The monoisotopic (exact) mass is 352 g/mol. The summed E-state index contributed by atoms with van der Waals surface area (Å²) in [4.78, 5) is 11.2. The molecular formula is C20H29ClO3. The van der Waals surface area contributed by atoms with Crippen LogP contribution in [0.25, 0.3) is 0 Å². The molecule has 0 saturated carbocycles. The average Bonchev–Trinajstić information content (AvgIpc) is 2.73. The number of hydrogen-bond donors (Lipinski definition) is 1. The molecule has 24 heavy (non-hydrogen) atoms. The van der Waals surface area contributed by atoms with Gasteiger partial charge in [0.15, 0.2) is 0 Å². The molecule has 4 heteroatoms. The normalized spacial score (nSPS) is 40.6. The highest BCUT2D eigenvalue weighted by Gasteiger charge is 2.42. The first-order valence-electron chi connectivity index (χ1n) is 8.78. The number of ether oxygens (including phenoxy) is 1. The van der Waals surface area contributed by atoms with Gasteiger partial charge >= 0.3 is 5.97 Å². The summed E-state index contributed by atoms with van der Waals surface area (Å²) in [7, 11) is 0. The number of carbonyl (C=O) groups excluding carboxylic acids is 1. The van der Waals surface area contributed by atoms with Crippen molar-refractivity contribution in [1.82, 2.24) is 0 Å². The van der Waals surface area contributed by atoms with Crippen molar-refractivity contribution in [2.45, 2.75) is 76.4 Å². The number of fused-ring (bicyclic) bond motifs is 1. The van der Waals surface area contributed by atoms with Crippen LogP contribution in [0.4, 0.5) is 0 Å². The van der Waals surface area contributed by atoms with E-state index in [9.17, 15) is 9.90 Å². The van der Waals surface area contributed by atoms with E-state index in [2.05, 4.69) is 32.6 Å². The predicted octanol–water partition coefficient (Wildman–Crippen LogP) is 4.69. The Morgan fingerprint density at radius 2 is 1.96 bits per heavy atom. The lowest BCUT2D eigenvalue weighted by Crippen LogP contribution is -2.37. The summed E-state index contributed by atoms with van der Waals surface area (Å²) in [6, 6.07) is 0. The van der Waals surface area contributed by atoms with E-state index in [1.54, 1.807) is 0 Å². The van der Waals surface area contributed by atoms with Gasteiger partial charge in [-0.3, -0.25) is 0 Å². The first kappa shape index (κ1) is 19.3. The second-order valence-corrected chi connectivity index (χ2v) is 8.35. The summed E-state index contributed by atoms with van der Waals surface area (Å²) in [6.07, 6.45) is 8.11. The van der Waals surface area contributed by atoms with Crippen LogP contribution in [0, 0.1) is 5.92 Å². The highest BCUT2D eigenvalue weighted by molar-refractivity contribution is 6.24. The lowest BCUT2D eigenvalue weighted by Gasteiger charge is -2.31. The molecule has 1 aliphatic carbocycles. The summed E-state index contributed by atoms with van der Waals surface area (Å²) >= 11 is 6.60. The molecule has 1 N–H and O–H groups in total. The van der Waals surface area contributed by atoms with Crippen LogP contribution in [0.5, 0.6) is 0 Å². The zero-order valence-electron chi connectivity index (χ0n) is 15.0. The third-order valence-corrected chi connectivity index (χ3v) is 5.71. The molecule has 0 aromatic carbocycles. The van der Waals surface area contributed by atoms with E-state index in [-0.39, 0.29) is 18.0 Å². The number of esters is 1. The molecule has 2 rings (SSSR count). The van der Waals surface area contributed by atoms with Gasteiger partial charge in [-0.25, -0.2) is 4.79 Å². The third kappa shape index (κ3) is 4.73. The maximum Gasteiger partial charge on any atom is 0.334 e. The van der Waals surface area contributed by atoms with Crippen molar-refractivity contribution in [3.63, 3.8) is 0 Å². The van der Waals surface area contributed by atoms with Crippen LogP contribution in [0.15, 0.2) is 35.5 Å². The van der Waals surface area contributed by atoms with E-state index in [0.29, 0.717) is 24.8 Å². The van der Waals surface area contributed by atoms with Gasteiger partial charge in [-0.1, -0.05) is 29.9 Å². The second kappa shape index (κ2) is 7.88. The number of halogens is 1. The van der Waals surface area contributed by atoms with Crippen LogP contribution >= 0.6 is 11.6 Å². The molecule has 1 saturated heterocycles. The van der Waals surface area contributed by atoms with Crippen LogP contribution in [0.3, 0.4) is 0 Å². The lowest BCUT2D eigenvalue weighted by atomic mass is 9.83. The fourth-order valence-corrected chi connectivity index (χ4v) is 3.65. The second-order valence-electron chi connectivity index (χ2n) is 7.49. The molecular weight excluding hydrogens is 324 g/mol. The van der Waals surface area contributed by atoms with E-state index in [0.717, 1.165) is 19.3 Å². The molecule has 1 fully saturated rings. The fourth-order valence-electron chi connectivity index (χ4n) is 3.45. The van der Waals surface area contributed by atoms with Crippen LogP contribution in [0.1, 0.15) is 59.3 Å². The van der Waals surface area contributed by atoms with Crippen molar-refractivity contribution < 1.29 is 14.6 Å². The van der Waals surface area contributed by atoms with Gasteiger partial charge < -0.3 is 9.84 Å². The Morgan fingerprint density at radius 1 is 1.29 bits per heavy atom. The number of hydrogen-bond acceptors (Lipinski definition) is 3. The van der Waals surface area contributed by atoms with Crippen LogP contribution in [-0.4, -0.2) is 28.2 Å². The zero-order valence-corrected chi connectivity index (χ0v) is 15.7. The van der Waals surface area contributed by atoms with E-state index >= 15 is 0 Å². The maximum atomic E-state index is 11.9. The Hall–Kier alpha value is -1.06.